The molecule has 1 aromatic heterocycles. The number of sulfonamides is 1. The van der Waals surface area contributed by atoms with E-state index in [4.69, 9.17) is 9.15 Å². The number of alkyl halides is 3. The molecule has 0 saturated heterocycles. The van der Waals surface area contributed by atoms with Gasteiger partial charge in [0.05, 0.1) is 11.6 Å². The summed E-state index contributed by atoms with van der Waals surface area (Å²) in [7, 11) is -4.20. The van der Waals surface area contributed by atoms with Crippen LogP contribution in [-0.2, 0) is 34.1 Å². The van der Waals surface area contributed by atoms with Crippen molar-refractivity contribution in [2.75, 3.05) is 0 Å². The quantitative estimate of drug-likeness (QED) is 0.281. The average molecular weight is 551 g/mol. The number of carbonyl (C=O) groups is 1. The Labute approximate surface area is 215 Å². The van der Waals surface area contributed by atoms with Gasteiger partial charge in [-0.15, -0.1) is 0 Å². The molecule has 0 bridgehead atoms. The number of nitrogens with one attached hydrogen (secondary N) is 2. The molecule has 0 fully saturated rings. The lowest BCUT2D eigenvalue weighted by Crippen LogP contribution is -2.44. The lowest BCUT2D eigenvalue weighted by Gasteiger charge is -2.14. The zero-order chi connectivity index (χ0) is 27.5. The Hall–Kier alpha value is -3.90. The Bertz CT molecular complexity index is 1550. The Morgan fingerprint density at radius 3 is 2.45 bits per heavy atom. The molecule has 38 heavy (non-hydrogen) atoms. The van der Waals surface area contributed by atoms with Gasteiger partial charge in [0.15, 0.2) is 0 Å². The van der Waals surface area contributed by atoms with Crippen LogP contribution in [0.4, 0.5) is 17.6 Å². The predicted octanol–water partition coefficient (Wildman–Crippen LogP) is 5.15. The number of rotatable bonds is 9. The lowest BCUT2D eigenvalue weighted by molar-refractivity contribution is -0.137. The van der Waals surface area contributed by atoms with Gasteiger partial charge in [0, 0.05) is 18.0 Å². The Morgan fingerprint density at radius 1 is 1.00 bits per heavy atom. The van der Waals surface area contributed by atoms with E-state index < -0.39 is 44.6 Å². The van der Waals surface area contributed by atoms with E-state index in [0.717, 1.165) is 24.3 Å². The van der Waals surface area contributed by atoms with Crippen molar-refractivity contribution >= 4 is 26.9 Å². The van der Waals surface area contributed by atoms with E-state index in [9.17, 15) is 30.8 Å². The highest BCUT2D eigenvalue weighted by molar-refractivity contribution is 7.89. The number of hydrogen-bond acceptors (Lipinski definition) is 5. The summed E-state index contributed by atoms with van der Waals surface area (Å²) in [6.45, 7) is 1.46. The molecule has 7 nitrogen and oxygen atoms in total. The van der Waals surface area contributed by atoms with Crippen molar-refractivity contribution in [3.8, 4) is 5.75 Å². The predicted molar refractivity (Wildman–Crippen MR) is 130 cm³/mol. The zero-order valence-corrected chi connectivity index (χ0v) is 20.7. The van der Waals surface area contributed by atoms with Crippen molar-refractivity contribution in [1.29, 1.82) is 0 Å². The highest BCUT2D eigenvalue weighted by Gasteiger charge is 2.30. The number of fused-ring (bicyclic) bond motifs is 1. The minimum Gasteiger partial charge on any atom is -0.489 e. The van der Waals surface area contributed by atoms with E-state index in [0.29, 0.717) is 16.9 Å². The van der Waals surface area contributed by atoms with Crippen LogP contribution < -0.4 is 14.8 Å². The third kappa shape index (κ3) is 6.69. The van der Waals surface area contributed by atoms with E-state index in [1.165, 1.54) is 31.2 Å². The molecule has 200 valence electrons. The van der Waals surface area contributed by atoms with Gasteiger partial charge in [-0.3, -0.25) is 4.79 Å². The Morgan fingerprint density at radius 2 is 1.74 bits per heavy atom. The van der Waals surface area contributed by atoms with E-state index in [1.807, 2.05) is 0 Å². The highest BCUT2D eigenvalue weighted by atomic mass is 32.2. The second-order valence-corrected chi connectivity index (χ2v) is 10.1. The summed E-state index contributed by atoms with van der Waals surface area (Å²) in [6, 6.07) is 14.9. The van der Waals surface area contributed by atoms with Crippen LogP contribution in [0.5, 0.6) is 5.75 Å². The number of halogens is 4. The molecule has 1 atom stereocenters. The zero-order valence-electron chi connectivity index (χ0n) is 19.9. The van der Waals surface area contributed by atoms with Crippen molar-refractivity contribution in [2.24, 2.45) is 0 Å². The van der Waals surface area contributed by atoms with Crippen LogP contribution in [0, 0.1) is 5.82 Å². The van der Waals surface area contributed by atoms with Gasteiger partial charge < -0.3 is 14.5 Å². The van der Waals surface area contributed by atoms with Gasteiger partial charge in [0.25, 0.3) is 10.0 Å². The van der Waals surface area contributed by atoms with Gasteiger partial charge in [-0.1, -0.05) is 24.3 Å². The third-order valence-corrected chi connectivity index (χ3v) is 6.89. The number of furan rings is 1. The van der Waals surface area contributed by atoms with E-state index in [-0.39, 0.29) is 24.1 Å². The number of benzene rings is 3. The van der Waals surface area contributed by atoms with Gasteiger partial charge in [-0.05, 0) is 60.5 Å². The fourth-order valence-electron chi connectivity index (χ4n) is 3.51. The second kappa shape index (κ2) is 10.8. The molecule has 0 spiro atoms. The van der Waals surface area contributed by atoms with E-state index >= 15 is 0 Å². The highest BCUT2D eigenvalue weighted by Crippen LogP contribution is 2.29. The molecule has 1 amide bonds. The van der Waals surface area contributed by atoms with Crippen LogP contribution >= 0.6 is 0 Å². The molecule has 3 aromatic carbocycles. The summed E-state index contributed by atoms with van der Waals surface area (Å²) in [5.41, 5.74) is 0.637. The third-order valence-electron chi connectivity index (χ3n) is 5.50. The number of ether oxygens (including phenoxy) is 1. The van der Waals surface area contributed by atoms with Crippen molar-refractivity contribution in [3.63, 3.8) is 0 Å². The number of amides is 1. The molecular formula is C26H22F4N2O5S. The van der Waals surface area contributed by atoms with Crippen LogP contribution in [0.3, 0.4) is 0 Å². The number of hydrogen-bond donors (Lipinski definition) is 2. The largest absolute Gasteiger partial charge is 0.489 e. The van der Waals surface area contributed by atoms with Crippen LogP contribution in [0.1, 0.15) is 23.6 Å². The van der Waals surface area contributed by atoms with Crippen LogP contribution in [0.25, 0.3) is 11.0 Å². The molecular weight excluding hydrogens is 528 g/mol. The Kier molecular flexibility index (Phi) is 7.74. The van der Waals surface area contributed by atoms with E-state index in [1.54, 1.807) is 24.3 Å². The summed E-state index contributed by atoms with van der Waals surface area (Å²) in [5, 5.41) is 2.44. The summed E-state index contributed by atoms with van der Waals surface area (Å²) in [5.74, 6) is -0.712. The number of carbonyl (C=O) groups excluding carboxylic acids is 1. The lowest BCUT2D eigenvalue weighted by atomic mass is 10.1. The molecule has 4 rings (SSSR count). The first-order valence-electron chi connectivity index (χ1n) is 11.3. The minimum atomic E-state index is -4.41. The monoisotopic (exact) mass is 550 g/mol. The standard InChI is InChI=1S/C26H22F4N2O5S/c1-16(32-38(34,35)24-13-19-12-21(27)9-10-23(19)37-24)25(33)31-14-18-3-2-4-22(11-18)36-15-17-5-7-20(8-6-17)26(28,29)30/h2-13,16,32H,14-15H2,1H3,(H,31,33)/t16-/m0/s1. The van der Waals surface area contributed by atoms with Gasteiger partial charge >= 0.3 is 6.18 Å². The molecule has 0 radical (unpaired) electrons. The van der Waals surface area contributed by atoms with Crippen molar-refractivity contribution in [3.05, 3.63) is 95.3 Å². The molecule has 0 aliphatic rings. The maximum absolute atomic E-state index is 13.4. The van der Waals surface area contributed by atoms with Crippen molar-refractivity contribution in [1.82, 2.24) is 10.0 Å². The van der Waals surface area contributed by atoms with Gasteiger partial charge in [-0.25, -0.2) is 12.8 Å². The molecule has 1 heterocycles. The summed E-state index contributed by atoms with van der Waals surface area (Å²) >= 11 is 0. The second-order valence-electron chi connectivity index (χ2n) is 8.44. The molecule has 0 unspecified atom stereocenters. The maximum atomic E-state index is 13.4. The summed E-state index contributed by atoms with van der Waals surface area (Å²) in [4.78, 5) is 12.5. The van der Waals surface area contributed by atoms with Crippen molar-refractivity contribution < 1.29 is 39.9 Å². The topological polar surface area (TPSA) is 97.6 Å². The van der Waals surface area contributed by atoms with Gasteiger partial charge in [-0.2, -0.15) is 17.9 Å². The first kappa shape index (κ1) is 27.1. The average Bonchev–Trinajstić information content (AvgIpc) is 3.30. The molecule has 2 N–H and O–H groups in total. The van der Waals surface area contributed by atoms with Gasteiger partial charge in [0.1, 0.15) is 23.8 Å². The SMILES string of the molecule is C[C@H](NS(=O)(=O)c1cc2cc(F)ccc2o1)C(=O)NCc1cccc(OCc2ccc(C(F)(F)F)cc2)c1. The molecule has 0 aliphatic heterocycles. The van der Waals surface area contributed by atoms with E-state index in [2.05, 4.69) is 10.0 Å². The first-order valence-corrected chi connectivity index (χ1v) is 12.8. The maximum Gasteiger partial charge on any atom is 0.416 e. The fraction of sp³-hybridized carbons (Fsp3) is 0.192. The normalized spacial score (nSPS) is 12.9. The molecule has 12 heteroatoms. The Balaban J connectivity index is 1.31. The molecule has 0 aliphatic carbocycles. The van der Waals surface area contributed by atoms with Crippen molar-refractivity contribution in [2.45, 2.75) is 37.4 Å². The van der Waals surface area contributed by atoms with Gasteiger partial charge in [0.2, 0.25) is 11.0 Å². The fourth-order valence-corrected chi connectivity index (χ4v) is 4.68. The smallest absolute Gasteiger partial charge is 0.416 e. The summed E-state index contributed by atoms with van der Waals surface area (Å²) < 4.78 is 89.9. The molecule has 4 aromatic rings. The van der Waals surface area contributed by atoms with Crippen LogP contribution in [-0.4, -0.2) is 20.4 Å². The molecule has 0 saturated carbocycles. The van der Waals surface area contributed by atoms with Crippen LogP contribution in [0.15, 0.2) is 82.3 Å². The summed E-state index contributed by atoms with van der Waals surface area (Å²) in [6.07, 6.45) is -4.41. The van der Waals surface area contributed by atoms with Crippen LogP contribution in [0.2, 0.25) is 0 Å². The first-order chi connectivity index (χ1) is 17.9. The minimum absolute atomic E-state index is 0.0429.